The summed E-state index contributed by atoms with van der Waals surface area (Å²) in [5, 5.41) is 8.89. The van der Waals surface area contributed by atoms with Crippen molar-refractivity contribution in [3.8, 4) is 0 Å². The van der Waals surface area contributed by atoms with Crippen molar-refractivity contribution in [2.24, 2.45) is 0 Å². The summed E-state index contributed by atoms with van der Waals surface area (Å²) in [7, 11) is 0. The minimum Gasteiger partial charge on any atom is -0.870 e. The van der Waals surface area contributed by atoms with E-state index >= 15 is 0 Å². The van der Waals surface area contributed by atoms with Gasteiger partial charge in [0.25, 0.3) is 0 Å². The van der Waals surface area contributed by atoms with E-state index in [1.54, 1.807) is 0 Å². The van der Waals surface area contributed by atoms with Crippen molar-refractivity contribution >= 4 is 5.97 Å². The predicted octanol–water partition coefficient (Wildman–Crippen LogP) is -1.42. The average Bonchev–Trinajstić information content (AvgIpc) is 0.811. The molecule has 0 aromatic rings. The number of aliphatic carboxylic acids is 1. The van der Waals surface area contributed by atoms with Crippen LogP contribution in [0, 0.1) is 0 Å². The molecule has 0 rings (SSSR count). The van der Waals surface area contributed by atoms with E-state index in [0.717, 1.165) is 6.92 Å². The Bertz CT molecular complexity index is 31.8. The minimum absolute atomic E-state index is 0. The molecule has 1 N–H and O–H groups in total. The summed E-state index contributed by atoms with van der Waals surface area (Å²) in [4.78, 5) is 8.89. The van der Waals surface area contributed by atoms with Crippen LogP contribution < -0.4 is 5.11 Å². The molecule has 0 heterocycles. The monoisotopic (exact) mass is 128 g/mol. The Balaban J connectivity index is -0.0000000450. The summed E-state index contributed by atoms with van der Waals surface area (Å²) >= 11 is 0. The first-order valence-corrected chi connectivity index (χ1v) is 0.908. The van der Waals surface area contributed by atoms with E-state index in [1.807, 2.05) is 0 Å². The number of carboxylic acid groups (broad SMARTS) is 1. The molecule has 0 spiro atoms. The number of hydrogen-bond donors (Lipinski definition) is 0. The summed E-state index contributed by atoms with van der Waals surface area (Å²) in [6, 6.07) is 0. The number of carbonyl (C=O) groups is 1. The molecule has 0 aromatic heterocycles. The van der Waals surface area contributed by atoms with Gasteiger partial charge in [-0.05, 0) is 6.92 Å². The summed E-state index contributed by atoms with van der Waals surface area (Å²) < 4.78 is 0. The van der Waals surface area contributed by atoms with Crippen LogP contribution >= 0.6 is 0 Å². The smallest absolute Gasteiger partial charge is 0.870 e. The summed E-state index contributed by atoms with van der Waals surface area (Å²) in [6.45, 7) is 0.972. The molecule has 0 atom stereocenters. The number of hydrogen-bond acceptors (Lipinski definition) is 3. The second kappa shape index (κ2) is 8.88. The Hall–Kier alpha value is -0.0375. The van der Waals surface area contributed by atoms with Gasteiger partial charge in [-0.15, -0.1) is 0 Å². The van der Waals surface area contributed by atoms with E-state index in [2.05, 4.69) is 0 Å². The second-order valence-electron chi connectivity index (χ2n) is 0.492. The van der Waals surface area contributed by atoms with Gasteiger partial charge in [-0.25, -0.2) is 0 Å². The molecular weight excluding hydrogens is 124 g/mol. The molecule has 0 saturated heterocycles. The molecule has 0 bridgehead atoms. The van der Waals surface area contributed by atoms with Gasteiger partial charge in [-0.3, -0.25) is 0 Å². The van der Waals surface area contributed by atoms with E-state index in [-0.39, 0.29) is 22.8 Å². The fourth-order valence-electron chi connectivity index (χ4n) is 0. The van der Waals surface area contributed by atoms with Crippen molar-refractivity contribution in [3.05, 3.63) is 0 Å². The fourth-order valence-corrected chi connectivity index (χ4v) is 0. The first kappa shape index (κ1) is 16.7. The first-order valence-electron chi connectivity index (χ1n) is 0.908. The van der Waals surface area contributed by atoms with Crippen molar-refractivity contribution in [1.82, 2.24) is 0 Å². The molecule has 35 valence electrons. The van der Waals surface area contributed by atoms with Crippen LogP contribution in [0.4, 0.5) is 0 Å². The third-order valence-electron chi connectivity index (χ3n) is 0. The van der Waals surface area contributed by atoms with Crippen LogP contribution in [0.3, 0.4) is 0 Å². The molecule has 3 nitrogen and oxygen atoms in total. The normalized spacial score (nSPS) is 4.17. The fraction of sp³-hybridized carbons (Fsp3) is 0.500. The van der Waals surface area contributed by atoms with Crippen molar-refractivity contribution < 1.29 is 32.7 Å². The summed E-state index contributed by atoms with van der Waals surface area (Å²) in [5.41, 5.74) is 0. The van der Waals surface area contributed by atoms with Gasteiger partial charge in [0.2, 0.25) is 0 Å². The quantitative estimate of drug-likeness (QED) is 0.401. The second-order valence-corrected chi connectivity index (χ2v) is 0.492. The minimum atomic E-state index is -1.08. The molecule has 0 fully saturated rings. The topological polar surface area (TPSA) is 70.1 Å². The Morgan fingerprint density at radius 3 is 1.67 bits per heavy atom. The van der Waals surface area contributed by atoms with E-state index in [1.165, 1.54) is 0 Å². The van der Waals surface area contributed by atoms with Gasteiger partial charge in [-0.1, -0.05) is 0 Å². The molecule has 0 aliphatic rings. The maximum Gasteiger partial charge on any atom is 3.00 e. The van der Waals surface area contributed by atoms with E-state index in [4.69, 9.17) is 9.90 Å². The zero-order valence-corrected chi connectivity index (χ0v) is 4.45. The van der Waals surface area contributed by atoms with Crippen LogP contribution in [0.15, 0.2) is 0 Å². The SMILES string of the molecule is CC(=O)[O-].[Cr+3].[OH-]. The molecule has 0 saturated carbocycles. The molecule has 0 aromatic carbocycles. The van der Waals surface area contributed by atoms with Crippen LogP contribution in [-0.4, -0.2) is 11.4 Å². The third-order valence-corrected chi connectivity index (χ3v) is 0. The predicted molar refractivity (Wildman–Crippen MR) is 12.6 cm³/mol. The molecule has 6 heavy (non-hydrogen) atoms. The Labute approximate surface area is 46.4 Å². The van der Waals surface area contributed by atoms with Crippen LogP contribution in [0.25, 0.3) is 0 Å². The van der Waals surface area contributed by atoms with Gasteiger partial charge in [0, 0.05) is 5.97 Å². The van der Waals surface area contributed by atoms with Gasteiger partial charge >= 0.3 is 17.4 Å². The maximum atomic E-state index is 8.89. The van der Waals surface area contributed by atoms with E-state index in [0.29, 0.717) is 0 Å². The van der Waals surface area contributed by atoms with Crippen molar-refractivity contribution in [1.29, 1.82) is 0 Å². The zero-order chi connectivity index (χ0) is 3.58. The molecule has 0 aliphatic carbocycles. The largest absolute Gasteiger partial charge is 3.00 e. The first-order chi connectivity index (χ1) is 1.73. The summed E-state index contributed by atoms with van der Waals surface area (Å²) in [6.07, 6.45) is 0. The maximum absolute atomic E-state index is 8.89. The molecule has 0 amide bonds. The van der Waals surface area contributed by atoms with Crippen molar-refractivity contribution in [3.63, 3.8) is 0 Å². The van der Waals surface area contributed by atoms with Crippen LogP contribution in [0.5, 0.6) is 0 Å². The zero-order valence-electron chi connectivity index (χ0n) is 3.17. The van der Waals surface area contributed by atoms with Crippen LogP contribution in [0.1, 0.15) is 6.92 Å². The van der Waals surface area contributed by atoms with Gasteiger partial charge in [0.15, 0.2) is 0 Å². The number of carboxylic acids is 1. The van der Waals surface area contributed by atoms with Crippen LogP contribution in [-0.2, 0) is 22.2 Å². The van der Waals surface area contributed by atoms with Crippen LogP contribution in [0.2, 0.25) is 0 Å². The Kier molecular flexibility index (Phi) is 24.8. The number of rotatable bonds is 0. The molecule has 1 radical (unpaired) electrons. The van der Waals surface area contributed by atoms with Gasteiger partial charge in [0.05, 0.1) is 0 Å². The summed E-state index contributed by atoms with van der Waals surface area (Å²) in [5.74, 6) is -1.08. The molecule has 0 aliphatic heterocycles. The molecular formula is C2H4CrO3+. The van der Waals surface area contributed by atoms with Gasteiger partial charge < -0.3 is 15.4 Å². The van der Waals surface area contributed by atoms with E-state index in [9.17, 15) is 0 Å². The molecule has 4 heteroatoms. The molecule has 0 unspecified atom stereocenters. The van der Waals surface area contributed by atoms with Crippen molar-refractivity contribution in [2.75, 3.05) is 0 Å². The van der Waals surface area contributed by atoms with Crippen molar-refractivity contribution in [2.45, 2.75) is 6.92 Å². The standard InChI is InChI=1S/C2H4O2.Cr.H2O/c1-2(3)4;;/h1H3,(H,3,4);;1H2/q;+3;/p-2. The third kappa shape index (κ3) is 24700. The number of carbonyl (C=O) groups excluding carboxylic acids is 1. The van der Waals surface area contributed by atoms with E-state index < -0.39 is 5.97 Å². The van der Waals surface area contributed by atoms with Gasteiger partial charge in [-0.2, -0.15) is 0 Å². The Morgan fingerprint density at radius 2 is 1.67 bits per heavy atom. The Morgan fingerprint density at radius 1 is 1.67 bits per heavy atom. The average molecular weight is 128 g/mol. The van der Waals surface area contributed by atoms with Gasteiger partial charge in [0.1, 0.15) is 0 Å².